The van der Waals surface area contributed by atoms with E-state index in [1.807, 2.05) is 18.2 Å². The van der Waals surface area contributed by atoms with Gasteiger partial charge < -0.3 is 9.47 Å². The molecule has 1 aromatic rings. The molecule has 0 amide bonds. The third-order valence-corrected chi connectivity index (χ3v) is 4.45. The molecule has 1 aromatic carbocycles. The van der Waals surface area contributed by atoms with E-state index in [0.29, 0.717) is 12.4 Å². The first-order chi connectivity index (χ1) is 9.83. The molecule has 3 heteroatoms. The lowest BCUT2D eigenvalue weighted by molar-refractivity contribution is -0.139. The van der Waals surface area contributed by atoms with Crippen LogP contribution in [0.5, 0.6) is 0 Å². The lowest BCUT2D eigenvalue weighted by Gasteiger charge is -2.36. The Morgan fingerprint density at radius 2 is 1.80 bits per heavy atom. The Morgan fingerprint density at radius 3 is 2.50 bits per heavy atom. The highest BCUT2D eigenvalue weighted by atomic mass is 16.5. The first-order valence-electron chi connectivity index (χ1n) is 7.60. The highest BCUT2D eigenvalue weighted by Gasteiger charge is 2.38. The Kier molecular flexibility index (Phi) is 4.48. The van der Waals surface area contributed by atoms with Crippen LogP contribution in [-0.2, 0) is 20.9 Å². The zero-order valence-corrected chi connectivity index (χ0v) is 11.8. The number of benzene rings is 1. The molecule has 108 valence electrons. The minimum absolute atomic E-state index is 0.235. The van der Waals surface area contributed by atoms with Gasteiger partial charge in [0.25, 0.3) is 0 Å². The summed E-state index contributed by atoms with van der Waals surface area (Å²) in [6.07, 6.45) is 3.89. The Balaban J connectivity index is 1.39. The van der Waals surface area contributed by atoms with Gasteiger partial charge in [0, 0.05) is 25.0 Å². The third-order valence-electron chi connectivity index (χ3n) is 4.45. The Labute approximate surface area is 120 Å². The molecule has 2 fully saturated rings. The fourth-order valence-electron chi connectivity index (χ4n) is 3.04. The van der Waals surface area contributed by atoms with E-state index in [4.69, 9.17) is 9.47 Å². The smallest absolute Gasteiger partial charge is 0.139 e. The summed E-state index contributed by atoms with van der Waals surface area (Å²) in [5, 5.41) is 0. The molecule has 1 aliphatic carbocycles. The monoisotopic (exact) mass is 274 g/mol. The van der Waals surface area contributed by atoms with E-state index >= 15 is 0 Å². The van der Waals surface area contributed by atoms with E-state index in [-0.39, 0.29) is 17.9 Å². The highest BCUT2D eigenvalue weighted by Crippen LogP contribution is 2.35. The van der Waals surface area contributed by atoms with Gasteiger partial charge in [-0.1, -0.05) is 30.3 Å². The number of hydrogen-bond donors (Lipinski definition) is 0. The van der Waals surface area contributed by atoms with Crippen LogP contribution >= 0.6 is 0 Å². The molecule has 0 aromatic heterocycles. The highest BCUT2D eigenvalue weighted by molar-refractivity contribution is 5.84. The molecule has 3 rings (SSSR count). The van der Waals surface area contributed by atoms with E-state index in [0.717, 1.165) is 38.9 Å². The molecule has 0 radical (unpaired) electrons. The predicted molar refractivity (Wildman–Crippen MR) is 76.3 cm³/mol. The van der Waals surface area contributed by atoms with Crippen molar-refractivity contribution in [3.8, 4) is 0 Å². The lowest BCUT2D eigenvalue weighted by Crippen LogP contribution is -2.40. The number of carbonyl (C=O) groups excluding carboxylic acids is 1. The molecule has 1 aliphatic heterocycles. The van der Waals surface area contributed by atoms with Crippen LogP contribution in [-0.4, -0.2) is 25.1 Å². The second kappa shape index (κ2) is 6.51. The second-order valence-electron chi connectivity index (χ2n) is 5.88. The van der Waals surface area contributed by atoms with Gasteiger partial charge in [-0.3, -0.25) is 4.79 Å². The van der Waals surface area contributed by atoms with Crippen molar-refractivity contribution in [1.82, 2.24) is 0 Å². The van der Waals surface area contributed by atoms with Crippen molar-refractivity contribution >= 4 is 5.78 Å². The third kappa shape index (κ3) is 3.28. The maximum Gasteiger partial charge on any atom is 0.139 e. The number of rotatable bonds is 5. The van der Waals surface area contributed by atoms with Gasteiger partial charge in [0.2, 0.25) is 0 Å². The SMILES string of the molecule is O=C(C1CCOCC1)C1CC(OCc2ccccc2)C1. The van der Waals surface area contributed by atoms with Crippen molar-refractivity contribution in [2.24, 2.45) is 11.8 Å². The van der Waals surface area contributed by atoms with Gasteiger partial charge in [-0.25, -0.2) is 0 Å². The summed E-state index contributed by atoms with van der Waals surface area (Å²) >= 11 is 0. The minimum Gasteiger partial charge on any atom is -0.381 e. The van der Waals surface area contributed by atoms with E-state index in [1.165, 1.54) is 5.56 Å². The molecule has 0 unspecified atom stereocenters. The van der Waals surface area contributed by atoms with Gasteiger partial charge in [-0.2, -0.15) is 0 Å². The zero-order valence-electron chi connectivity index (χ0n) is 11.8. The van der Waals surface area contributed by atoms with Gasteiger partial charge in [0.05, 0.1) is 12.7 Å². The number of ether oxygens (including phenoxy) is 2. The van der Waals surface area contributed by atoms with Crippen molar-refractivity contribution < 1.29 is 14.3 Å². The van der Waals surface area contributed by atoms with Gasteiger partial charge in [0.15, 0.2) is 0 Å². The van der Waals surface area contributed by atoms with E-state index < -0.39 is 0 Å². The molecule has 0 N–H and O–H groups in total. The molecule has 0 atom stereocenters. The number of hydrogen-bond acceptors (Lipinski definition) is 3. The van der Waals surface area contributed by atoms with Crippen molar-refractivity contribution in [3.05, 3.63) is 35.9 Å². The Morgan fingerprint density at radius 1 is 1.10 bits per heavy atom. The quantitative estimate of drug-likeness (QED) is 0.828. The maximum absolute atomic E-state index is 12.3. The first-order valence-corrected chi connectivity index (χ1v) is 7.60. The molecule has 1 heterocycles. The average molecular weight is 274 g/mol. The number of Topliss-reactive ketones (excluding diaryl/α,β-unsaturated/α-hetero) is 1. The topological polar surface area (TPSA) is 35.5 Å². The molecular weight excluding hydrogens is 252 g/mol. The minimum atomic E-state index is 0.235. The van der Waals surface area contributed by atoms with Gasteiger partial charge >= 0.3 is 0 Å². The van der Waals surface area contributed by atoms with Crippen LogP contribution < -0.4 is 0 Å². The van der Waals surface area contributed by atoms with Gasteiger partial charge in [-0.15, -0.1) is 0 Å². The Bertz CT molecular complexity index is 431. The summed E-state index contributed by atoms with van der Waals surface area (Å²) in [6.45, 7) is 2.15. The number of ketones is 1. The van der Waals surface area contributed by atoms with E-state index in [1.54, 1.807) is 0 Å². The number of carbonyl (C=O) groups is 1. The summed E-state index contributed by atoms with van der Waals surface area (Å²) in [5.74, 6) is 0.926. The molecule has 0 spiro atoms. The molecule has 20 heavy (non-hydrogen) atoms. The maximum atomic E-state index is 12.3. The van der Waals surface area contributed by atoms with Crippen LogP contribution in [0, 0.1) is 11.8 Å². The van der Waals surface area contributed by atoms with Crippen molar-refractivity contribution in [2.45, 2.75) is 38.4 Å². The molecule has 1 saturated carbocycles. The fourth-order valence-corrected chi connectivity index (χ4v) is 3.04. The van der Waals surface area contributed by atoms with Crippen LogP contribution in [0.25, 0.3) is 0 Å². The standard InChI is InChI=1S/C17H22O3/c18-17(14-6-8-19-9-7-14)15-10-16(11-15)20-12-13-4-2-1-3-5-13/h1-5,14-16H,6-12H2. The molecule has 0 bridgehead atoms. The van der Waals surface area contributed by atoms with Crippen LogP contribution in [0.15, 0.2) is 30.3 Å². The van der Waals surface area contributed by atoms with Crippen molar-refractivity contribution in [3.63, 3.8) is 0 Å². The van der Waals surface area contributed by atoms with Crippen molar-refractivity contribution in [1.29, 1.82) is 0 Å². The summed E-state index contributed by atoms with van der Waals surface area (Å²) in [5.41, 5.74) is 1.20. The second-order valence-corrected chi connectivity index (χ2v) is 5.88. The zero-order chi connectivity index (χ0) is 13.8. The predicted octanol–water partition coefficient (Wildman–Crippen LogP) is 2.98. The van der Waals surface area contributed by atoms with Crippen LogP contribution in [0.4, 0.5) is 0 Å². The van der Waals surface area contributed by atoms with Crippen LogP contribution in [0.3, 0.4) is 0 Å². The largest absolute Gasteiger partial charge is 0.381 e. The van der Waals surface area contributed by atoms with Crippen molar-refractivity contribution in [2.75, 3.05) is 13.2 Å². The van der Waals surface area contributed by atoms with E-state index in [9.17, 15) is 4.79 Å². The fraction of sp³-hybridized carbons (Fsp3) is 0.588. The molecule has 3 nitrogen and oxygen atoms in total. The summed E-state index contributed by atoms with van der Waals surface area (Å²) in [7, 11) is 0. The summed E-state index contributed by atoms with van der Waals surface area (Å²) in [6, 6.07) is 10.2. The Hall–Kier alpha value is -1.19. The summed E-state index contributed by atoms with van der Waals surface area (Å²) < 4.78 is 11.2. The van der Waals surface area contributed by atoms with E-state index in [2.05, 4.69) is 12.1 Å². The molecular formula is C17H22O3. The first kappa shape index (κ1) is 13.8. The normalized spacial score (nSPS) is 27.0. The lowest BCUT2D eigenvalue weighted by atomic mass is 9.74. The molecule has 1 saturated heterocycles. The van der Waals surface area contributed by atoms with Crippen LogP contribution in [0.2, 0.25) is 0 Å². The van der Waals surface area contributed by atoms with Gasteiger partial charge in [-0.05, 0) is 31.2 Å². The summed E-state index contributed by atoms with van der Waals surface area (Å²) in [4.78, 5) is 12.3. The average Bonchev–Trinajstić information content (AvgIpc) is 2.47. The molecule has 2 aliphatic rings. The van der Waals surface area contributed by atoms with Gasteiger partial charge in [0.1, 0.15) is 5.78 Å². The van der Waals surface area contributed by atoms with Crippen LogP contribution in [0.1, 0.15) is 31.2 Å².